The SMILES string of the molecule is Cc1ccc(C)c(NS(=O)(=O)c2cc(C(=O)Nc3ccccc3C(=O)NCc3ccccc3)ccc2C)c1. The summed E-state index contributed by atoms with van der Waals surface area (Å²) in [5.74, 6) is -0.869. The molecule has 38 heavy (non-hydrogen) atoms. The second-order valence-corrected chi connectivity index (χ2v) is 10.7. The van der Waals surface area contributed by atoms with E-state index in [9.17, 15) is 18.0 Å². The summed E-state index contributed by atoms with van der Waals surface area (Å²) in [5, 5.41) is 5.61. The van der Waals surface area contributed by atoms with Gasteiger partial charge in [-0.3, -0.25) is 14.3 Å². The van der Waals surface area contributed by atoms with Crippen molar-refractivity contribution in [1.82, 2.24) is 5.32 Å². The number of nitrogens with one attached hydrogen (secondary N) is 3. The maximum absolute atomic E-state index is 13.3. The molecule has 0 saturated heterocycles. The van der Waals surface area contributed by atoms with Gasteiger partial charge in [-0.25, -0.2) is 8.42 Å². The van der Waals surface area contributed by atoms with Gasteiger partial charge in [0.25, 0.3) is 21.8 Å². The average molecular weight is 528 g/mol. The van der Waals surface area contributed by atoms with Gasteiger partial charge in [0.1, 0.15) is 0 Å². The molecule has 7 nitrogen and oxygen atoms in total. The molecule has 4 aromatic carbocycles. The molecule has 0 fully saturated rings. The summed E-state index contributed by atoms with van der Waals surface area (Å²) in [4.78, 5) is 26.0. The van der Waals surface area contributed by atoms with Crippen LogP contribution in [0.1, 0.15) is 43.0 Å². The summed E-state index contributed by atoms with van der Waals surface area (Å²) in [7, 11) is -3.96. The van der Waals surface area contributed by atoms with E-state index in [4.69, 9.17) is 0 Å². The standard InChI is InChI=1S/C30H29N3O4S/c1-20-13-14-21(2)27(17-20)33-38(36,37)28-18-24(16-15-22(28)3)29(34)32-26-12-8-7-11-25(26)30(35)31-19-23-9-5-4-6-10-23/h4-18,33H,19H2,1-3H3,(H,31,35)(H,32,34). The van der Waals surface area contributed by atoms with E-state index < -0.39 is 15.9 Å². The average Bonchev–Trinajstić information content (AvgIpc) is 2.90. The number of hydrogen-bond acceptors (Lipinski definition) is 4. The number of amides is 2. The molecular formula is C30H29N3O4S. The summed E-state index contributed by atoms with van der Waals surface area (Å²) in [5.41, 5.74) is 4.41. The number of rotatable bonds is 8. The number of carbonyl (C=O) groups excluding carboxylic acids is 2. The second-order valence-electron chi connectivity index (χ2n) is 9.07. The lowest BCUT2D eigenvalue weighted by Crippen LogP contribution is -2.25. The maximum atomic E-state index is 13.3. The minimum Gasteiger partial charge on any atom is -0.348 e. The first-order valence-electron chi connectivity index (χ1n) is 12.1. The number of hydrogen-bond donors (Lipinski definition) is 3. The van der Waals surface area contributed by atoms with Gasteiger partial charge in [-0.05, 0) is 73.4 Å². The van der Waals surface area contributed by atoms with Crippen molar-refractivity contribution in [1.29, 1.82) is 0 Å². The summed E-state index contributed by atoms with van der Waals surface area (Å²) in [6.45, 7) is 5.72. The van der Waals surface area contributed by atoms with Crippen LogP contribution >= 0.6 is 0 Å². The van der Waals surface area contributed by atoms with Gasteiger partial charge in [-0.1, -0.05) is 60.7 Å². The van der Waals surface area contributed by atoms with Gasteiger partial charge >= 0.3 is 0 Å². The molecule has 0 unspecified atom stereocenters. The highest BCUT2D eigenvalue weighted by molar-refractivity contribution is 7.92. The van der Waals surface area contributed by atoms with E-state index in [1.165, 1.54) is 6.07 Å². The van der Waals surface area contributed by atoms with Crippen LogP contribution in [0.15, 0.2) is 95.9 Å². The highest BCUT2D eigenvalue weighted by atomic mass is 32.2. The van der Waals surface area contributed by atoms with Crippen LogP contribution in [0.5, 0.6) is 0 Å². The Balaban J connectivity index is 1.54. The predicted molar refractivity (Wildman–Crippen MR) is 150 cm³/mol. The van der Waals surface area contributed by atoms with Gasteiger partial charge in [0, 0.05) is 12.1 Å². The highest BCUT2D eigenvalue weighted by Crippen LogP contribution is 2.25. The number of para-hydroxylation sites is 1. The minimum absolute atomic E-state index is 0.0000505. The molecule has 0 atom stereocenters. The molecule has 194 valence electrons. The van der Waals surface area contributed by atoms with Crippen molar-refractivity contribution < 1.29 is 18.0 Å². The molecular weight excluding hydrogens is 498 g/mol. The molecule has 2 amide bonds. The van der Waals surface area contributed by atoms with E-state index in [0.29, 0.717) is 29.0 Å². The molecule has 0 aliphatic rings. The summed E-state index contributed by atoms with van der Waals surface area (Å²) < 4.78 is 29.2. The smallest absolute Gasteiger partial charge is 0.262 e. The summed E-state index contributed by atoms with van der Waals surface area (Å²) in [6, 6.07) is 26.2. The van der Waals surface area contributed by atoms with Crippen LogP contribution in [0.4, 0.5) is 11.4 Å². The summed E-state index contributed by atoms with van der Waals surface area (Å²) in [6.07, 6.45) is 0. The van der Waals surface area contributed by atoms with Gasteiger partial charge in [0.05, 0.1) is 21.8 Å². The Kier molecular flexibility index (Phi) is 7.93. The number of anilines is 2. The van der Waals surface area contributed by atoms with E-state index in [-0.39, 0.29) is 16.4 Å². The lowest BCUT2D eigenvalue weighted by molar-refractivity contribution is 0.0951. The van der Waals surface area contributed by atoms with Crippen molar-refractivity contribution in [2.45, 2.75) is 32.2 Å². The molecule has 0 bridgehead atoms. The van der Waals surface area contributed by atoms with Crippen LogP contribution in [-0.2, 0) is 16.6 Å². The topological polar surface area (TPSA) is 104 Å². The van der Waals surface area contributed by atoms with Crippen molar-refractivity contribution in [3.63, 3.8) is 0 Å². The van der Waals surface area contributed by atoms with Crippen LogP contribution in [0.25, 0.3) is 0 Å². The minimum atomic E-state index is -3.96. The van der Waals surface area contributed by atoms with Gasteiger partial charge in [-0.2, -0.15) is 0 Å². The van der Waals surface area contributed by atoms with Crippen molar-refractivity contribution in [3.05, 3.63) is 124 Å². The van der Waals surface area contributed by atoms with Gasteiger partial charge in [0.2, 0.25) is 0 Å². The molecule has 4 aromatic rings. The second kappa shape index (κ2) is 11.3. The fourth-order valence-corrected chi connectivity index (χ4v) is 5.33. The first-order chi connectivity index (χ1) is 18.1. The molecule has 3 N–H and O–H groups in total. The van der Waals surface area contributed by atoms with Crippen LogP contribution in [0.2, 0.25) is 0 Å². The number of carbonyl (C=O) groups is 2. The van der Waals surface area contributed by atoms with Crippen LogP contribution in [-0.4, -0.2) is 20.2 Å². The molecule has 0 aromatic heterocycles. The monoisotopic (exact) mass is 527 g/mol. The molecule has 0 radical (unpaired) electrons. The van der Waals surface area contributed by atoms with Crippen LogP contribution < -0.4 is 15.4 Å². The zero-order chi connectivity index (χ0) is 27.3. The molecule has 0 spiro atoms. The van der Waals surface area contributed by atoms with E-state index in [0.717, 1.165) is 16.7 Å². The summed E-state index contributed by atoms with van der Waals surface area (Å²) >= 11 is 0. The van der Waals surface area contributed by atoms with Crippen molar-refractivity contribution in [3.8, 4) is 0 Å². The fraction of sp³-hybridized carbons (Fsp3) is 0.133. The molecule has 0 aliphatic heterocycles. The number of benzene rings is 4. The Morgan fingerprint density at radius 2 is 1.39 bits per heavy atom. The van der Waals surface area contributed by atoms with E-state index in [1.807, 2.05) is 56.3 Å². The van der Waals surface area contributed by atoms with Crippen molar-refractivity contribution in [2.24, 2.45) is 0 Å². The molecule has 0 saturated carbocycles. The Labute approximate surface area is 223 Å². The quantitative estimate of drug-likeness (QED) is 0.278. The van der Waals surface area contributed by atoms with Gasteiger partial charge in [0.15, 0.2) is 0 Å². The molecule has 0 heterocycles. The zero-order valence-electron chi connectivity index (χ0n) is 21.4. The van der Waals surface area contributed by atoms with Crippen molar-refractivity contribution >= 4 is 33.2 Å². The largest absolute Gasteiger partial charge is 0.348 e. The van der Waals surface area contributed by atoms with Crippen molar-refractivity contribution in [2.75, 3.05) is 10.0 Å². The van der Waals surface area contributed by atoms with Gasteiger partial charge in [-0.15, -0.1) is 0 Å². The molecule has 4 rings (SSSR count). The lowest BCUT2D eigenvalue weighted by Gasteiger charge is -2.15. The maximum Gasteiger partial charge on any atom is 0.262 e. The molecule has 8 heteroatoms. The molecule has 0 aliphatic carbocycles. The number of aryl methyl sites for hydroxylation is 3. The third kappa shape index (κ3) is 6.27. The van der Waals surface area contributed by atoms with E-state index in [2.05, 4.69) is 15.4 Å². The Morgan fingerprint density at radius 1 is 0.711 bits per heavy atom. The fourth-order valence-electron chi connectivity index (χ4n) is 3.93. The Hall–Kier alpha value is -4.43. The Morgan fingerprint density at radius 3 is 2.16 bits per heavy atom. The highest BCUT2D eigenvalue weighted by Gasteiger charge is 2.21. The van der Waals surface area contributed by atoms with Crippen LogP contribution in [0.3, 0.4) is 0 Å². The van der Waals surface area contributed by atoms with E-state index in [1.54, 1.807) is 49.4 Å². The normalized spacial score (nSPS) is 11.0. The number of sulfonamides is 1. The van der Waals surface area contributed by atoms with E-state index >= 15 is 0 Å². The third-order valence-electron chi connectivity index (χ3n) is 6.09. The Bertz CT molecular complexity index is 1600. The lowest BCUT2D eigenvalue weighted by atomic mass is 10.1. The third-order valence-corrected chi connectivity index (χ3v) is 7.60. The van der Waals surface area contributed by atoms with Gasteiger partial charge < -0.3 is 10.6 Å². The van der Waals surface area contributed by atoms with Crippen LogP contribution in [0, 0.1) is 20.8 Å². The first-order valence-corrected chi connectivity index (χ1v) is 13.6. The predicted octanol–water partition coefficient (Wildman–Crippen LogP) is 5.59. The zero-order valence-corrected chi connectivity index (χ0v) is 22.2. The first kappa shape index (κ1) is 26.6.